The summed E-state index contributed by atoms with van der Waals surface area (Å²) in [5.74, 6) is 1.71. The highest BCUT2D eigenvalue weighted by Gasteiger charge is 2.14. The number of methoxy groups -OCH3 is 2. The molecule has 0 saturated carbocycles. The van der Waals surface area contributed by atoms with Crippen LogP contribution in [0.4, 0.5) is 0 Å². The van der Waals surface area contributed by atoms with E-state index in [2.05, 4.69) is 10.6 Å². The molecular weight excluding hydrogens is 204 g/mol. The lowest BCUT2D eigenvalue weighted by atomic mass is 10.1. The third kappa shape index (κ3) is 2.87. The summed E-state index contributed by atoms with van der Waals surface area (Å²) in [6.45, 7) is 0.833. The van der Waals surface area contributed by atoms with Crippen LogP contribution in [0, 0.1) is 0 Å². The SMILES string of the molecule is CNCC(NC)c1cc(OC)ccc1OC. The number of likely N-dealkylation sites (N-methyl/N-ethyl adjacent to an activating group) is 2. The van der Waals surface area contributed by atoms with E-state index in [1.165, 1.54) is 0 Å². The first-order valence-electron chi connectivity index (χ1n) is 5.30. The molecule has 0 bridgehead atoms. The van der Waals surface area contributed by atoms with E-state index >= 15 is 0 Å². The Morgan fingerprint density at radius 3 is 2.44 bits per heavy atom. The number of ether oxygens (including phenoxy) is 2. The largest absolute Gasteiger partial charge is 0.497 e. The molecule has 0 heterocycles. The molecule has 0 aliphatic carbocycles. The summed E-state index contributed by atoms with van der Waals surface area (Å²) in [6.07, 6.45) is 0. The second kappa shape index (κ2) is 6.35. The van der Waals surface area contributed by atoms with Crippen molar-refractivity contribution in [3.63, 3.8) is 0 Å². The Morgan fingerprint density at radius 2 is 1.94 bits per heavy atom. The molecule has 1 rings (SSSR count). The topological polar surface area (TPSA) is 42.5 Å². The zero-order valence-electron chi connectivity index (χ0n) is 10.3. The Kier molecular flexibility index (Phi) is 5.08. The molecule has 16 heavy (non-hydrogen) atoms. The average Bonchev–Trinajstić information content (AvgIpc) is 2.35. The van der Waals surface area contributed by atoms with Gasteiger partial charge in [-0.25, -0.2) is 0 Å². The van der Waals surface area contributed by atoms with Gasteiger partial charge in [-0.15, -0.1) is 0 Å². The Morgan fingerprint density at radius 1 is 1.19 bits per heavy atom. The van der Waals surface area contributed by atoms with Gasteiger partial charge in [0.2, 0.25) is 0 Å². The molecule has 4 nitrogen and oxygen atoms in total. The zero-order chi connectivity index (χ0) is 12.0. The Labute approximate surface area is 96.9 Å². The van der Waals surface area contributed by atoms with Crippen molar-refractivity contribution in [2.75, 3.05) is 34.9 Å². The molecule has 2 N–H and O–H groups in total. The number of rotatable bonds is 6. The van der Waals surface area contributed by atoms with Gasteiger partial charge in [0.25, 0.3) is 0 Å². The van der Waals surface area contributed by atoms with Crippen molar-refractivity contribution < 1.29 is 9.47 Å². The summed E-state index contributed by atoms with van der Waals surface area (Å²) in [6, 6.07) is 6.02. The first-order valence-corrected chi connectivity index (χ1v) is 5.30. The molecule has 0 saturated heterocycles. The van der Waals surface area contributed by atoms with Gasteiger partial charge in [-0.2, -0.15) is 0 Å². The molecule has 0 spiro atoms. The first-order chi connectivity index (χ1) is 7.76. The van der Waals surface area contributed by atoms with Crippen molar-refractivity contribution in [2.45, 2.75) is 6.04 Å². The maximum absolute atomic E-state index is 5.35. The zero-order valence-corrected chi connectivity index (χ0v) is 10.3. The van der Waals surface area contributed by atoms with Crippen LogP contribution in [0.2, 0.25) is 0 Å². The summed E-state index contributed by atoms with van der Waals surface area (Å²) in [5, 5.41) is 6.39. The number of hydrogen-bond acceptors (Lipinski definition) is 4. The molecule has 4 heteroatoms. The van der Waals surface area contributed by atoms with Gasteiger partial charge >= 0.3 is 0 Å². The van der Waals surface area contributed by atoms with Crippen LogP contribution in [0.1, 0.15) is 11.6 Å². The molecule has 0 amide bonds. The van der Waals surface area contributed by atoms with Gasteiger partial charge in [0, 0.05) is 18.2 Å². The summed E-state index contributed by atoms with van der Waals surface area (Å²) < 4.78 is 10.6. The fourth-order valence-electron chi connectivity index (χ4n) is 1.68. The van der Waals surface area contributed by atoms with Gasteiger partial charge in [-0.1, -0.05) is 0 Å². The van der Waals surface area contributed by atoms with Crippen LogP contribution in [0.5, 0.6) is 11.5 Å². The smallest absolute Gasteiger partial charge is 0.123 e. The minimum absolute atomic E-state index is 0.204. The molecular formula is C12H20N2O2. The van der Waals surface area contributed by atoms with Gasteiger partial charge in [0.05, 0.1) is 14.2 Å². The van der Waals surface area contributed by atoms with E-state index in [0.717, 1.165) is 23.6 Å². The monoisotopic (exact) mass is 224 g/mol. The van der Waals surface area contributed by atoms with Gasteiger partial charge in [0.1, 0.15) is 11.5 Å². The standard InChI is InChI=1S/C12H20N2O2/c1-13-8-11(14-2)10-7-9(15-3)5-6-12(10)16-4/h5-7,11,13-14H,8H2,1-4H3. The first kappa shape index (κ1) is 12.8. The predicted octanol–water partition coefficient (Wildman–Crippen LogP) is 1.18. The Hall–Kier alpha value is -1.26. The summed E-state index contributed by atoms with van der Waals surface area (Å²) >= 11 is 0. The second-order valence-electron chi connectivity index (χ2n) is 3.51. The van der Waals surface area contributed by atoms with Crippen molar-refractivity contribution in [2.24, 2.45) is 0 Å². The maximum atomic E-state index is 5.35. The van der Waals surface area contributed by atoms with Crippen molar-refractivity contribution in [3.05, 3.63) is 23.8 Å². The minimum Gasteiger partial charge on any atom is -0.497 e. The van der Waals surface area contributed by atoms with Gasteiger partial charge in [0.15, 0.2) is 0 Å². The van der Waals surface area contributed by atoms with E-state index in [4.69, 9.17) is 9.47 Å². The highest BCUT2D eigenvalue weighted by atomic mass is 16.5. The highest BCUT2D eigenvalue weighted by molar-refractivity contribution is 5.42. The third-order valence-electron chi connectivity index (χ3n) is 2.57. The molecule has 0 aliphatic rings. The maximum Gasteiger partial charge on any atom is 0.123 e. The number of hydrogen-bond donors (Lipinski definition) is 2. The molecule has 0 fully saturated rings. The van der Waals surface area contributed by atoms with E-state index in [1.807, 2.05) is 32.3 Å². The quantitative estimate of drug-likeness (QED) is 0.761. The molecule has 1 unspecified atom stereocenters. The fraction of sp³-hybridized carbons (Fsp3) is 0.500. The average molecular weight is 224 g/mol. The van der Waals surface area contributed by atoms with Crippen LogP contribution in [0.25, 0.3) is 0 Å². The van der Waals surface area contributed by atoms with Crippen molar-refractivity contribution in [3.8, 4) is 11.5 Å². The van der Waals surface area contributed by atoms with E-state index < -0.39 is 0 Å². The molecule has 0 aromatic heterocycles. The van der Waals surface area contributed by atoms with Gasteiger partial charge < -0.3 is 20.1 Å². The third-order valence-corrected chi connectivity index (χ3v) is 2.57. The van der Waals surface area contributed by atoms with Gasteiger partial charge in [-0.3, -0.25) is 0 Å². The lowest BCUT2D eigenvalue weighted by molar-refractivity contribution is 0.390. The number of benzene rings is 1. The van der Waals surface area contributed by atoms with Crippen LogP contribution in [0.3, 0.4) is 0 Å². The second-order valence-corrected chi connectivity index (χ2v) is 3.51. The fourth-order valence-corrected chi connectivity index (χ4v) is 1.68. The molecule has 90 valence electrons. The normalized spacial score (nSPS) is 12.2. The lowest BCUT2D eigenvalue weighted by Gasteiger charge is -2.19. The van der Waals surface area contributed by atoms with E-state index in [1.54, 1.807) is 14.2 Å². The summed E-state index contributed by atoms with van der Waals surface area (Å²) in [5.41, 5.74) is 1.10. The van der Waals surface area contributed by atoms with E-state index in [9.17, 15) is 0 Å². The Balaban J connectivity index is 3.05. The molecule has 1 aromatic carbocycles. The van der Waals surface area contributed by atoms with Crippen molar-refractivity contribution in [1.29, 1.82) is 0 Å². The van der Waals surface area contributed by atoms with Crippen LogP contribution in [-0.4, -0.2) is 34.9 Å². The summed E-state index contributed by atoms with van der Waals surface area (Å²) in [7, 11) is 7.20. The van der Waals surface area contributed by atoms with Crippen LogP contribution in [0.15, 0.2) is 18.2 Å². The van der Waals surface area contributed by atoms with Crippen molar-refractivity contribution in [1.82, 2.24) is 10.6 Å². The molecule has 1 aromatic rings. The van der Waals surface area contributed by atoms with E-state index in [-0.39, 0.29) is 6.04 Å². The van der Waals surface area contributed by atoms with Gasteiger partial charge in [-0.05, 0) is 32.3 Å². The minimum atomic E-state index is 0.204. The van der Waals surface area contributed by atoms with Crippen LogP contribution < -0.4 is 20.1 Å². The molecule has 0 aliphatic heterocycles. The number of nitrogens with one attached hydrogen (secondary N) is 2. The molecule has 1 atom stereocenters. The van der Waals surface area contributed by atoms with Crippen LogP contribution >= 0.6 is 0 Å². The lowest BCUT2D eigenvalue weighted by Crippen LogP contribution is -2.27. The van der Waals surface area contributed by atoms with Crippen LogP contribution in [-0.2, 0) is 0 Å². The summed E-state index contributed by atoms with van der Waals surface area (Å²) in [4.78, 5) is 0. The Bertz CT molecular complexity index is 329. The molecule has 0 radical (unpaired) electrons. The highest BCUT2D eigenvalue weighted by Crippen LogP contribution is 2.28. The van der Waals surface area contributed by atoms with E-state index in [0.29, 0.717) is 0 Å². The predicted molar refractivity (Wildman–Crippen MR) is 65.3 cm³/mol. The van der Waals surface area contributed by atoms with Crippen molar-refractivity contribution >= 4 is 0 Å².